The Labute approximate surface area is 116 Å². The maximum absolute atomic E-state index is 11.5. The normalized spacial score (nSPS) is 31.5. The fourth-order valence-corrected chi connectivity index (χ4v) is 3.76. The van der Waals surface area contributed by atoms with E-state index in [9.17, 15) is 4.79 Å². The molecule has 19 heavy (non-hydrogen) atoms. The first-order chi connectivity index (χ1) is 9.13. The summed E-state index contributed by atoms with van der Waals surface area (Å²) in [7, 11) is 1.48. The van der Waals surface area contributed by atoms with E-state index in [1.165, 1.54) is 32.8 Å². The highest BCUT2D eigenvalue weighted by molar-refractivity contribution is 5.69. The van der Waals surface area contributed by atoms with Crippen LogP contribution in [0.3, 0.4) is 0 Å². The molecule has 2 heterocycles. The van der Waals surface area contributed by atoms with Gasteiger partial charge in [-0.25, -0.2) is 0 Å². The van der Waals surface area contributed by atoms with Crippen molar-refractivity contribution < 1.29 is 9.53 Å². The van der Waals surface area contributed by atoms with Crippen molar-refractivity contribution in [3.8, 4) is 0 Å². The van der Waals surface area contributed by atoms with Gasteiger partial charge in [0.05, 0.1) is 13.5 Å². The number of nitrogens with zero attached hydrogens (tertiary/aromatic N) is 1. The number of rotatable bonds is 6. The number of carbonyl (C=O) groups excluding carboxylic acids is 1. The molecule has 2 rings (SSSR count). The van der Waals surface area contributed by atoms with Gasteiger partial charge >= 0.3 is 5.97 Å². The van der Waals surface area contributed by atoms with Crippen molar-refractivity contribution in [1.29, 1.82) is 0 Å². The van der Waals surface area contributed by atoms with Crippen molar-refractivity contribution in [3.63, 3.8) is 0 Å². The van der Waals surface area contributed by atoms with Crippen LogP contribution < -0.4 is 5.32 Å². The number of ether oxygens (including phenoxy) is 1. The van der Waals surface area contributed by atoms with E-state index in [4.69, 9.17) is 4.74 Å². The molecule has 3 unspecified atom stereocenters. The maximum atomic E-state index is 11.5. The minimum Gasteiger partial charge on any atom is -0.469 e. The van der Waals surface area contributed by atoms with Crippen LogP contribution in [0.5, 0.6) is 0 Å². The fourth-order valence-electron chi connectivity index (χ4n) is 3.76. The minimum atomic E-state index is -0.0921. The Morgan fingerprint density at radius 2 is 2.00 bits per heavy atom. The van der Waals surface area contributed by atoms with E-state index in [2.05, 4.69) is 24.1 Å². The number of nitrogens with one attached hydrogen (secondary N) is 1. The van der Waals surface area contributed by atoms with Gasteiger partial charge in [-0.2, -0.15) is 0 Å². The monoisotopic (exact) mass is 268 g/mol. The molecular formula is C15H28N2O2. The van der Waals surface area contributed by atoms with E-state index in [1.807, 2.05) is 0 Å². The Morgan fingerprint density at radius 3 is 2.53 bits per heavy atom. The highest BCUT2D eigenvalue weighted by Gasteiger charge is 2.37. The predicted molar refractivity (Wildman–Crippen MR) is 76.1 cm³/mol. The number of piperidine rings is 1. The standard InChI is InChI=1S/C15H28N2O2/c1-4-7-17(11(2)8-15(18)19-3)14-9-12-5-6-13(10-14)16-12/h11-14,16H,4-10H2,1-3H3. The molecule has 0 aromatic carbocycles. The number of hydrogen-bond acceptors (Lipinski definition) is 4. The van der Waals surface area contributed by atoms with Crippen molar-refractivity contribution in [2.24, 2.45) is 0 Å². The van der Waals surface area contributed by atoms with Crippen LogP contribution in [0.2, 0.25) is 0 Å². The SMILES string of the molecule is CCCN(C(C)CC(=O)OC)C1CC2CCC(C1)N2. The summed E-state index contributed by atoms with van der Waals surface area (Å²) in [6, 6.07) is 2.33. The fraction of sp³-hybridized carbons (Fsp3) is 0.933. The summed E-state index contributed by atoms with van der Waals surface area (Å²) in [5.41, 5.74) is 0. The maximum Gasteiger partial charge on any atom is 0.307 e. The van der Waals surface area contributed by atoms with Gasteiger partial charge < -0.3 is 10.1 Å². The van der Waals surface area contributed by atoms with Crippen LogP contribution in [0.4, 0.5) is 0 Å². The zero-order valence-electron chi connectivity index (χ0n) is 12.5. The summed E-state index contributed by atoms with van der Waals surface area (Å²) in [6.45, 7) is 5.46. The third kappa shape index (κ3) is 3.69. The van der Waals surface area contributed by atoms with E-state index in [1.54, 1.807) is 0 Å². The van der Waals surface area contributed by atoms with Gasteiger partial charge in [-0.3, -0.25) is 9.69 Å². The molecule has 0 aromatic rings. The Bertz CT molecular complexity index is 297. The Kier molecular flexibility index (Phi) is 5.22. The largest absolute Gasteiger partial charge is 0.469 e. The lowest BCUT2D eigenvalue weighted by Crippen LogP contribution is -2.51. The topological polar surface area (TPSA) is 41.6 Å². The molecule has 0 radical (unpaired) electrons. The van der Waals surface area contributed by atoms with Gasteiger partial charge in [-0.15, -0.1) is 0 Å². The van der Waals surface area contributed by atoms with E-state index < -0.39 is 0 Å². The van der Waals surface area contributed by atoms with Crippen LogP contribution in [0.15, 0.2) is 0 Å². The molecule has 0 saturated carbocycles. The van der Waals surface area contributed by atoms with Crippen molar-refractivity contribution in [3.05, 3.63) is 0 Å². The van der Waals surface area contributed by atoms with Crippen molar-refractivity contribution >= 4 is 5.97 Å². The minimum absolute atomic E-state index is 0.0921. The van der Waals surface area contributed by atoms with Crippen LogP contribution in [-0.2, 0) is 9.53 Å². The van der Waals surface area contributed by atoms with Crippen molar-refractivity contribution in [2.75, 3.05) is 13.7 Å². The molecule has 2 saturated heterocycles. The van der Waals surface area contributed by atoms with Gasteiger partial charge in [-0.05, 0) is 45.6 Å². The molecule has 0 aliphatic carbocycles. The molecule has 4 nitrogen and oxygen atoms in total. The molecule has 3 atom stereocenters. The van der Waals surface area contributed by atoms with Crippen molar-refractivity contribution in [2.45, 2.75) is 76.5 Å². The van der Waals surface area contributed by atoms with Gasteiger partial charge in [0.25, 0.3) is 0 Å². The third-order valence-corrected chi connectivity index (χ3v) is 4.65. The molecule has 110 valence electrons. The lowest BCUT2D eigenvalue weighted by atomic mass is 9.96. The Hall–Kier alpha value is -0.610. The molecule has 2 aliphatic rings. The summed E-state index contributed by atoms with van der Waals surface area (Å²) in [5.74, 6) is -0.0921. The van der Waals surface area contributed by atoms with Crippen LogP contribution in [-0.4, -0.2) is 48.7 Å². The highest BCUT2D eigenvalue weighted by atomic mass is 16.5. The smallest absolute Gasteiger partial charge is 0.307 e. The first kappa shape index (κ1) is 14.8. The van der Waals surface area contributed by atoms with Crippen LogP contribution in [0, 0.1) is 0 Å². The molecule has 2 aliphatic heterocycles. The average Bonchev–Trinajstić information content (AvgIpc) is 2.74. The van der Waals surface area contributed by atoms with Crippen LogP contribution in [0.1, 0.15) is 52.4 Å². The Morgan fingerprint density at radius 1 is 1.37 bits per heavy atom. The summed E-state index contributed by atoms with van der Waals surface area (Å²) in [5, 5.41) is 3.69. The molecular weight excluding hydrogens is 240 g/mol. The summed E-state index contributed by atoms with van der Waals surface area (Å²) < 4.78 is 4.81. The number of carbonyl (C=O) groups is 1. The molecule has 2 fully saturated rings. The lowest BCUT2D eigenvalue weighted by molar-refractivity contribution is -0.142. The van der Waals surface area contributed by atoms with Gasteiger partial charge in [0.15, 0.2) is 0 Å². The molecule has 2 bridgehead atoms. The number of esters is 1. The predicted octanol–water partition coefficient (Wildman–Crippen LogP) is 1.93. The number of methoxy groups -OCH3 is 1. The van der Waals surface area contributed by atoms with Gasteiger partial charge in [0.2, 0.25) is 0 Å². The van der Waals surface area contributed by atoms with Crippen molar-refractivity contribution in [1.82, 2.24) is 10.2 Å². The van der Waals surface area contributed by atoms with Crippen LogP contribution in [0.25, 0.3) is 0 Å². The summed E-state index contributed by atoms with van der Waals surface area (Å²) in [6.07, 6.45) is 6.78. The molecule has 0 aromatic heterocycles. The van der Waals surface area contributed by atoms with Gasteiger partial charge in [0.1, 0.15) is 0 Å². The average molecular weight is 268 g/mol. The molecule has 1 N–H and O–H groups in total. The lowest BCUT2D eigenvalue weighted by Gasteiger charge is -2.40. The first-order valence-corrected chi connectivity index (χ1v) is 7.72. The summed E-state index contributed by atoms with van der Waals surface area (Å²) in [4.78, 5) is 14.0. The third-order valence-electron chi connectivity index (χ3n) is 4.65. The van der Waals surface area contributed by atoms with E-state index in [0.717, 1.165) is 13.0 Å². The van der Waals surface area contributed by atoms with Gasteiger partial charge in [-0.1, -0.05) is 6.92 Å². The second-order valence-corrected chi connectivity index (χ2v) is 6.13. The molecule has 4 heteroatoms. The van der Waals surface area contributed by atoms with E-state index >= 15 is 0 Å². The molecule has 0 spiro atoms. The van der Waals surface area contributed by atoms with E-state index in [-0.39, 0.29) is 12.0 Å². The highest BCUT2D eigenvalue weighted by Crippen LogP contribution is 2.31. The first-order valence-electron chi connectivity index (χ1n) is 7.72. The second kappa shape index (κ2) is 6.71. The zero-order chi connectivity index (χ0) is 13.8. The van der Waals surface area contributed by atoms with E-state index in [0.29, 0.717) is 24.5 Å². The Balaban J connectivity index is 1.96. The molecule has 0 amide bonds. The quantitative estimate of drug-likeness (QED) is 0.748. The van der Waals surface area contributed by atoms with Gasteiger partial charge in [0, 0.05) is 24.2 Å². The summed E-state index contributed by atoms with van der Waals surface area (Å²) >= 11 is 0. The number of fused-ring (bicyclic) bond motifs is 2. The second-order valence-electron chi connectivity index (χ2n) is 6.13. The van der Waals surface area contributed by atoms with Crippen LogP contribution >= 0.6 is 0 Å². The number of hydrogen-bond donors (Lipinski definition) is 1. The zero-order valence-corrected chi connectivity index (χ0v) is 12.5.